The highest BCUT2D eigenvalue weighted by molar-refractivity contribution is 7.92. The van der Waals surface area contributed by atoms with Crippen LogP contribution in [0.4, 0.5) is 5.69 Å². The molecule has 3 aromatic rings. The summed E-state index contributed by atoms with van der Waals surface area (Å²) in [5.74, 6) is -0.196. The summed E-state index contributed by atoms with van der Waals surface area (Å²) in [5, 5.41) is 3.74. The second-order valence-corrected chi connectivity index (χ2v) is 11.4. The predicted molar refractivity (Wildman–Crippen MR) is 140 cm³/mol. The number of benzene rings is 3. The molecule has 0 unspecified atom stereocenters. The van der Waals surface area contributed by atoms with Crippen molar-refractivity contribution >= 4 is 44.8 Å². The number of halogens is 2. The van der Waals surface area contributed by atoms with E-state index in [9.17, 15) is 13.2 Å². The van der Waals surface area contributed by atoms with Crippen LogP contribution in [0.25, 0.3) is 0 Å². The zero-order valence-corrected chi connectivity index (χ0v) is 22.1. The van der Waals surface area contributed by atoms with Crippen LogP contribution in [0.15, 0.2) is 54.6 Å². The van der Waals surface area contributed by atoms with Gasteiger partial charge in [-0.25, -0.2) is 8.42 Å². The van der Waals surface area contributed by atoms with Crippen molar-refractivity contribution in [1.82, 2.24) is 5.32 Å². The van der Waals surface area contributed by atoms with Crippen molar-refractivity contribution in [2.45, 2.75) is 40.3 Å². The summed E-state index contributed by atoms with van der Waals surface area (Å²) in [6, 6.07) is 15.6. The van der Waals surface area contributed by atoms with Gasteiger partial charge in [-0.05, 0) is 85.8 Å². The van der Waals surface area contributed by atoms with Gasteiger partial charge < -0.3 is 5.32 Å². The van der Waals surface area contributed by atoms with Gasteiger partial charge in [0, 0.05) is 15.6 Å². The Morgan fingerprint density at radius 2 is 1.47 bits per heavy atom. The highest BCUT2D eigenvalue weighted by Crippen LogP contribution is 2.28. The number of carbonyl (C=O) groups is 1. The molecule has 0 saturated heterocycles. The molecule has 3 rings (SSSR count). The summed E-state index contributed by atoms with van der Waals surface area (Å²) in [4.78, 5) is 12.8. The molecule has 0 radical (unpaired) electrons. The summed E-state index contributed by atoms with van der Waals surface area (Å²) >= 11 is 12.1. The van der Waals surface area contributed by atoms with Crippen molar-refractivity contribution < 1.29 is 13.2 Å². The monoisotopic (exact) mass is 518 g/mol. The van der Waals surface area contributed by atoms with Crippen molar-refractivity contribution in [1.29, 1.82) is 0 Å². The summed E-state index contributed by atoms with van der Waals surface area (Å²) in [6.07, 6.45) is 1.12. The zero-order valence-electron chi connectivity index (χ0n) is 19.8. The summed E-state index contributed by atoms with van der Waals surface area (Å²) in [7, 11) is -3.60. The van der Waals surface area contributed by atoms with E-state index in [1.165, 1.54) is 15.4 Å². The number of rotatable bonds is 7. The van der Waals surface area contributed by atoms with Crippen molar-refractivity contribution in [2.75, 3.05) is 10.6 Å². The van der Waals surface area contributed by atoms with Crippen LogP contribution in [0.1, 0.15) is 51.1 Å². The quantitative estimate of drug-likeness (QED) is 0.394. The Kier molecular flexibility index (Phi) is 7.96. The van der Waals surface area contributed by atoms with E-state index >= 15 is 0 Å². The minimum absolute atomic E-state index is 0.0790. The van der Waals surface area contributed by atoms with Crippen molar-refractivity contribution in [2.24, 2.45) is 0 Å². The van der Waals surface area contributed by atoms with Crippen LogP contribution in [-0.2, 0) is 16.6 Å². The third-order valence-electron chi connectivity index (χ3n) is 5.77. The number of carbonyl (C=O) groups excluding carboxylic acids is 1. The molecule has 8 heteroatoms. The number of sulfonamides is 1. The van der Waals surface area contributed by atoms with E-state index in [1.54, 1.807) is 42.5 Å². The number of hydrogen-bond donors (Lipinski definition) is 1. The van der Waals surface area contributed by atoms with Gasteiger partial charge in [0.25, 0.3) is 5.91 Å². The number of amides is 1. The van der Waals surface area contributed by atoms with E-state index < -0.39 is 10.0 Å². The average molecular weight is 519 g/mol. The van der Waals surface area contributed by atoms with Crippen LogP contribution >= 0.6 is 23.2 Å². The molecule has 0 fully saturated rings. The SMILES string of the molecule is Cc1cc(C)c([C@@H](C)NC(=O)c2ccc(CN(c3cc(Cl)cc(Cl)c3)S(C)(=O)=O)cc2)cc1C. The van der Waals surface area contributed by atoms with Gasteiger partial charge in [0.05, 0.1) is 24.5 Å². The lowest BCUT2D eigenvalue weighted by Crippen LogP contribution is -2.29. The van der Waals surface area contributed by atoms with E-state index in [1.807, 2.05) is 13.8 Å². The summed E-state index contributed by atoms with van der Waals surface area (Å²) in [6.45, 7) is 8.21. The van der Waals surface area contributed by atoms with Gasteiger partial charge in [0.1, 0.15) is 0 Å². The van der Waals surface area contributed by atoms with Crippen LogP contribution in [-0.4, -0.2) is 20.6 Å². The molecule has 5 nitrogen and oxygen atoms in total. The third-order valence-corrected chi connectivity index (χ3v) is 7.35. The predicted octanol–water partition coefficient (Wildman–Crippen LogP) is 6.38. The molecule has 0 aromatic heterocycles. The molecule has 34 heavy (non-hydrogen) atoms. The fourth-order valence-electron chi connectivity index (χ4n) is 3.82. The maximum atomic E-state index is 12.8. The Morgan fingerprint density at radius 3 is 2.03 bits per heavy atom. The normalized spacial score (nSPS) is 12.3. The first kappa shape index (κ1) is 26.1. The van der Waals surface area contributed by atoms with Gasteiger partial charge >= 0.3 is 0 Å². The Labute approximate surface area is 211 Å². The molecule has 0 aliphatic carbocycles. The molecule has 1 N–H and O–H groups in total. The van der Waals surface area contributed by atoms with Gasteiger partial charge in [-0.15, -0.1) is 0 Å². The van der Waals surface area contributed by atoms with Gasteiger partial charge in [-0.1, -0.05) is 47.5 Å². The maximum Gasteiger partial charge on any atom is 0.251 e. The van der Waals surface area contributed by atoms with E-state index in [0.29, 0.717) is 21.3 Å². The molecule has 180 valence electrons. The second-order valence-electron chi connectivity index (χ2n) is 8.58. The van der Waals surface area contributed by atoms with E-state index in [2.05, 4.69) is 31.3 Å². The Balaban J connectivity index is 1.77. The van der Waals surface area contributed by atoms with Crippen molar-refractivity contribution in [3.05, 3.63) is 98.0 Å². The molecule has 3 aromatic carbocycles. The molecular formula is C26H28Cl2N2O3S. The molecule has 0 spiro atoms. The summed E-state index contributed by atoms with van der Waals surface area (Å²) in [5.41, 5.74) is 6.20. The molecule has 0 aliphatic rings. The largest absolute Gasteiger partial charge is 0.346 e. The standard InChI is InChI=1S/C26H28Cl2N2O3S/c1-16-10-18(3)25(11-17(16)2)19(4)29-26(31)21-8-6-20(7-9-21)15-30(34(5,32)33)24-13-22(27)12-23(28)14-24/h6-14,19H,15H2,1-5H3,(H,29,31)/t19-/m1/s1. The lowest BCUT2D eigenvalue weighted by Gasteiger charge is -2.23. The van der Waals surface area contributed by atoms with E-state index in [0.717, 1.165) is 22.9 Å². The van der Waals surface area contributed by atoms with Crippen LogP contribution < -0.4 is 9.62 Å². The average Bonchev–Trinajstić information content (AvgIpc) is 2.73. The fourth-order valence-corrected chi connectivity index (χ4v) is 5.20. The highest BCUT2D eigenvalue weighted by atomic mass is 35.5. The molecule has 1 atom stereocenters. The van der Waals surface area contributed by atoms with Crippen molar-refractivity contribution in [3.63, 3.8) is 0 Å². The first-order chi connectivity index (χ1) is 15.8. The van der Waals surface area contributed by atoms with E-state index in [-0.39, 0.29) is 18.5 Å². The third kappa shape index (κ3) is 6.32. The minimum Gasteiger partial charge on any atom is -0.346 e. The minimum atomic E-state index is -3.60. The maximum absolute atomic E-state index is 12.8. The second kappa shape index (κ2) is 10.4. The molecule has 1 amide bonds. The molecule has 0 saturated carbocycles. The zero-order chi connectivity index (χ0) is 25.2. The lowest BCUT2D eigenvalue weighted by molar-refractivity contribution is 0.0940. The van der Waals surface area contributed by atoms with E-state index in [4.69, 9.17) is 23.2 Å². The Bertz CT molecular complexity index is 1300. The lowest BCUT2D eigenvalue weighted by atomic mass is 9.96. The fraction of sp³-hybridized carbons (Fsp3) is 0.269. The van der Waals surface area contributed by atoms with Gasteiger partial charge in [-0.3, -0.25) is 9.10 Å². The first-order valence-electron chi connectivity index (χ1n) is 10.8. The van der Waals surface area contributed by atoms with Gasteiger partial charge in [-0.2, -0.15) is 0 Å². The molecule has 0 aliphatic heterocycles. The van der Waals surface area contributed by atoms with Crippen LogP contribution in [0, 0.1) is 20.8 Å². The number of aryl methyl sites for hydroxylation is 3. The smallest absolute Gasteiger partial charge is 0.251 e. The topological polar surface area (TPSA) is 66.5 Å². The highest BCUT2D eigenvalue weighted by Gasteiger charge is 2.20. The number of nitrogens with one attached hydrogen (secondary N) is 1. The number of hydrogen-bond acceptors (Lipinski definition) is 3. The number of nitrogens with zero attached hydrogens (tertiary/aromatic N) is 1. The van der Waals surface area contributed by atoms with Gasteiger partial charge in [0.2, 0.25) is 10.0 Å². The van der Waals surface area contributed by atoms with Crippen LogP contribution in [0.5, 0.6) is 0 Å². The summed E-state index contributed by atoms with van der Waals surface area (Å²) < 4.78 is 26.1. The number of anilines is 1. The van der Waals surface area contributed by atoms with Crippen LogP contribution in [0.3, 0.4) is 0 Å². The Hall–Kier alpha value is -2.54. The van der Waals surface area contributed by atoms with Crippen molar-refractivity contribution in [3.8, 4) is 0 Å². The first-order valence-corrected chi connectivity index (χ1v) is 13.4. The Morgan fingerprint density at radius 1 is 0.912 bits per heavy atom. The molecule has 0 bridgehead atoms. The molecular weight excluding hydrogens is 491 g/mol. The van der Waals surface area contributed by atoms with Crippen LogP contribution in [0.2, 0.25) is 10.0 Å². The van der Waals surface area contributed by atoms with Gasteiger partial charge in [0.15, 0.2) is 0 Å². The molecule has 0 heterocycles.